The minimum absolute atomic E-state index is 0.113. The van der Waals surface area contributed by atoms with Crippen LogP contribution in [0.5, 0.6) is 0 Å². The Hall–Kier alpha value is -2.15. The van der Waals surface area contributed by atoms with E-state index in [0.717, 1.165) is 0 Å². The fourth-order valence-corrected chi connectivity index (χ4v) is 4.97. The second-order valence-electron chi connectivity index (χ2n) is 8.06. The number of aliphatic hydroxyl groups is 1. The number of hydrogen-bond donors (Lipinski definition) is 2. The Labute approximate surface area is 158 Å². The van der Waals surface area contributed by atoms with E-state index in [1.807, 2.05) is 0 Å². The molecule has 0 aromatic rings. The largest absolute Gasteiger partial charge is 0.481 e. The van der Waals surface area contributed by atoms with Crippen LogP contribution in [0.15, 0.2) is 22.8 Å². The lowest BCUT2D eigenvalue weighted by molar-refractivity contribution is -0.228. The van der Waals surface area contributed by atoms with Crippen molar-refractivity contribution in [1.82, 2.24) is 0 Å². The molecule has 2 saturated carbocycles. The maximum Gasteiger partial charge on any atom is 0.336 e. The van der Waals surface area contributed by atoms with E-state index in [1.54, 1.807) is 26.8 Å². The number of carboxylic acids is 1. The third kappa shape index (κ3) is 2.79. The molecule has 3 aliphatic rings. The molecular weight excluding hydrogens is 352 g/mol. The Morgan fingerprint density at radius 2 is 2.00 bits per heavy atom. The van der Waals surface area contributed by atoms with Crippen LogP contribution < -0.4 is 0 Å². The van der Waals surface area contributed by atoms with Crippen molar-refractivity contribution in [3.63, 3.8) is 0 Å². The second-order valence-corrected chi connectivity index (χ2v) is 8.06. The van der Waals surface area contributed by atoms with Gasteiger partial charge in [0.05, 0.1) is 11.5 Å². The van der Waals surface area contributed by atoms with Gasteiger partial charge in [-0.2, -0.15) is 0 Å². The molecule has 2 aliphatic carbocycles. The van der Waals surface area contributed by atoms with Crippen LogP contribution in [0.2, 0.25) is 0 Å². The molecule has 7 nitrogen and oxygen atoms in total. The van der Waals surface area contributed by atoms with E-state index in [4.69, 9.17) is 9.47 Å². The van der Waals surface area contributed by atoms with Gasteiger partial charge in [-0.3, -0.25) is 4.79 Å². The molecule has 0 amide bonds. The van der Waals surface area contributed by atoms with Gasteiger partial charge in [-0.05, 0) is 39.5 Å². The summed E-state index contributed by atoms with van der Waals surface area (Å²) in [6, 6.07) is 0. The molecule has 0 unspecified atom stereocenters. The first kappa shape index (κ1) is 19.6. The summed E-state index contributed by atoms with van der Waals surface area (Å²) in [7, 11) is 0. The van der Waals surface area contributed by atoms with E-state index in [1.165, 1.54) is 6.92 Å². The van der Waals surface area contributed by atoms with Crippen molar-refractivity contribution in [2.45, 2.75) is 65.3 Å². The first-order chi connectivity index (χ1) is 12.6. The number of carboxylic acid groups (broad SMARTS) is 1. The SMILES string of the molecule is C/C=C(\C)C(=O)O[C@H]1C2=C(C)C(=O)O[C@@]2(O)C[C@H]2CCC[C@@H](C(=O)O)[C@]21C. The normalized spacial score (nSPS) is 38.8. The first-order valence-corrected chi connectivity index (χ1v) is 9.30. The van der Waals surface area contributed by atoms with E-state index in [9.17, 15) is 24.6 Å². The van der Waals surface area contributed by atoms with Crippen molar-refractivity contribution >= 4 is 17.9 Å². The molecular formula is C20H26O7. The van der Waals surface area contributed by atoms with Crippen LogP contribution in [0.3, 0.4) is 0 Å². The van der Waals surface area contributed by atoms with Gasteiger partial charge >= 0.3 is 17.9 Å². The Morgan fingerprint density at radius 1 is 1.33 bits per heavy atom. The molecule has 3 rings (SSSR count). The van der Waals surface area contributed by atoms with Gasteiger partial charge < -0.3 is 19.7 Å². The molecule has 1 heterocycles. The number of hydrogen-bond acceptors (Lipinski definition) is 6. The predicted octanol–water partition coefficient (Wildman–Crippen LogP) is 2.34. The molecule has 5 atom stereocenters. The first-order valence-electron chi connectivity index (χ1n) is 9.30. The van der Waals surface area contributed by atoms with Crippen LogP contribution in [0.4, 0.5) is 0 Å². The number of rotatable bonds is 3. The number of esters is 2. The molecule has 0 spiro atoms. The summed E-state index contributed by atoms with van der Waals surface area (Å²) in [5.41, 5.74) is -0.195. The van der Waals surface area contributed by atoms with Gasteiger partial charge in [0.2, 0.25) is 5.79 Å². The predicted molar refractivity (Wildman–Crippen MR) is 94.2 cm³/mol. The maximum absolute atomic E-state index is 12.5. The summed E-state index contributed by atoms with van der Waals surface area (Å²) in [5.74, 6) is -5.07. The van der Waals surface area contributed by atoms with Crippen molar-refractivity contribution in [3.8, 4) is 0 Å². The number of ether oxygens (including phenoxy) is 2. The van der Waals surface area contributed by atoms with Crippen molar-refractivity contribution < 1.29 is 34.1 Å². The number of carbonyl (C=O) groups excluding carboxylic acids is 2. The fraction of sp³-hybridized carbons (Fsp3) is 0.650. The summed E-state index contributed by atoms with van der Waals surface area (Å²) in [6.07, 6.45) is 2.48. The average molecular weight is 378 g/mol. The fourth-order valence-electron chi connectivity index (χ4n) is 4.97. The number of fused-ring (bicyclic) bond motifs is 2. The lowest BCUT2D eigenvalue weighted by Gasteiger charge is -2.55. The van der Waals surface area contributed by atoms with Crippen LogP contribution >= 0.6 is 0 Å². The van der Waals surface area contributed by atoms with Gasteiger partial charge in [0.1, 0.15) is 6.10 Å². The van der Waals surface area contributed by atoms with Crippen molar-refractivity contribution in [2.24, 2.45) is 17.3 Å². The van der Waals surface area contributed by atoms with Crippen molar-refractivity contribution in [3.05, 3.63) is 22.8 Å². The minimum Gasteiger partial charge on any atom is -0.481 e. The lowest BCUT2D eigenvalue weighted by atomic mass is 9.51. The van der Waals surface area contributed by atoms with Crippen molar-refractivity contribution in [2.75, 3.05) is 0 Å². The highest BCUT2D eigenvalue weighted by atomic mass is 16.7. The molecule has 148 valence electrons. The zero-order valence-electron chi connectivity index (χ0n) is 16.1. The standard InChI is InChI=1S/C20H26O7/c1-5-10(2)17(23)26-15-14-11(3)18(24)27-20(14,25)9-12-7-6-8-13(16(21)22)19(12,15)4/h5,12-13,15,25H,6-9H2,1-4H3,(H,21,22)/b10-5+/t12-,13+,15+,19+,20+/m1/s1. The summed E-state index contributed by atoms with van der Waals surface area (Å²) >= 11 is 0. The highest BCUT2D eigenvalue weighted by Gasteiger charge is 2.66. The van der Waals surface area contributed by atoms with E-state index in [2.05, 4.69) is 0 Å². The van der Waals surface area contributed by atoms with Gasteiger partial charge in [-0.25, -0.2) is 9.59 Å². The Balaban J connectivity index is 2.17. The highest BCUT2D eigenvalue weighted by Crippen LogP contribution is 2.60. The quantitative estimate of drug-likeness (QED) is 0.573. The zero-order valence-corrected chi connectivity index (χ0v) is 16.1. The van der Waals surface area contributed by atoms with E-state index in [-0.39, 0.29) is 23.5 Å². The maximum atomic E-state index is 12.5. The third-order valence-electron chi connectivity index (χ3n) is 6.70. The smallest absolute Gasteiger partial charge is 0.336 e. The molecule has 2 fully saturated rings. The van der Waals surface area contributed by atoms with Crippen LogP contribution in [-0.2, 0) is 23.9 Å². The van der Waals surface area contributed by atoms with Gasteiger partial charge in [-0.15, -0.1) is 0 Å². The van der Waals surface area contributed by atoms with E-state index < -0.39 is 41.1 Å². The summed E-state index contributed by atoms with van der Waals surface area (Å²) in [5, 5.41) is 20.9. The highest BCUT2D eigenvalue weighted by molar-refractivity contribution is 5.93. The summed E-state index contributed by atoms with van der Waals surface area (Å²) in [6.45, 7) is 6.61. The molecule has 2 N–H and O–H groups in total. The minimum atomic E-state index is -1.85. The molecule has 0 radical (unpaired) electrons. The van der Waals surface area contributed by atoms with Gasteiger partial charge in [0.15, 0.2) is 0 Å². The molecule has 27 heavy (non-hydrogen) atoms. The summed E-state index contributed by atoms with van der Waals surface area (Å²) < 4.78 is 11.0. The van der Waals surface area contributed by atoms with Crippen LogP contribution in [-0.4, -0.2) is 40.0 Å². The summed E-state index contributed by atoms with van der Waals surface area (Å²) in [4.78, 5) is 36.8. The monoisotopic (exact) mass is 378 g/mol. The Bertz CT molecular complexity index is 764. The van der Waals surface area contributed by atoms with Crippen LogP contribution in [0, 0.1) is 17.3 Å². The Morgan fingerprint density at radius 3 is 2.59 bits per heavy atom. The molecule has 1 aliphatic heterocycles. The van der Waals surface area contributed by atoms with Gasteiger partial charge in [0.25, 0.3) is 0 Å². The van der Waals surface area contributed by atoms with Crippen LogP contribution in [0.1, 0.15) is 53.4 Å². The lowest BCUT2D eigenvalue weighted by Crippen LogP contribution is -2.61. The molecule has 0 bridgehead atoms. The number of aliphatic carboxylic acids is 1. The number of allylic oxidation sites excluding steroid dienone is 1. The van der Waals surface area contributed by atoms with Gasteiger partial charge in [-0.1, -0.05) is 19.4 Å². The van der Waals surface area contributed by atoms with Crippen LogP contribution in [0.25, 0.3) is 0 Å². The molecule has 0 aromatic heterocycles. The second kappa shape index (κ2) is 6.48. The van der Waals surface area contributed by atoms with E-state index in [0.29, 0.717) is 24.8 Å². The van der Waals surface area contributed by atoms with E-state index >= 15 is 0 Å². The molecule has 0 aromatic carbocycles. The molecule has 0 saturated heterocycles. The topological polar surface area (TPSA) is 110 Å². The number of carbonyl (C=O) groups is 3. The molecule has 7 heteroatoms. The third-order valence-corrected chi connectivity index (χ3v) is 6.70. The zero-order chi connectivity index (χ0) is 20.1. The van der Waals surface area contributed by atoms with Crippen molar-refractivity contribution in [1.29, 1.82) is 0 Å². The van der Waals surface area contributed by atoms with Gasteiger partial charge in [0, 0.05) is 23.0 Å². The Kier molecular flexibility index (Phi) is 4.70. The average Bonchev–Trinajstić information content (AvgIpc) is 2.82.